The summed E-state index contributed by atoms with van der Waals surface area (Å²) in [5.74, 6) is 1.14. The standard InChI is InChI=1S/C14H21N2/c1-9(2)11-6-12(10(3)4)14-13(7-11)16(5)8-15-14/h6-10,14H,1-5H3/q+1. The summed E-state index contributed by atoms with van der Waals surface area (Å²) in [4.78, 5) is 4.59. The second-order valence-corrected chi connectivity index (χ2v) is 5.30. The molecule has 0 N–H and O–H groups in total. The van der Waals surface area contributed by atoms with Crippen LogP contribution in [0.2, 0.25) is 0 Å². The number of hydrogen-bond donors (Lipinski definition) is 0. The van der Waals surface area contributed by atoms with E-state index in [1.54, 1.807) is 0 Å². The summed E-state index contributed by atoms with van der Waals surface area (Å²) in [5.41, 5.74) is 4.20. The predicted octanol–water partition coefficient (Wildman–Crippen LogP) is 2.66. The van der Waals surface area contributed by atoms with Crippen LogP contribution in [-0.2, 0) is 0 Å². The zero-order valence-corrected chi connectivity index (χ0v) is 10.9. The minimum atomic E-state index is 0.271. The van der Waals surface area contributed by atoms with Crippen LogP contribution in [0.5, 0.6) is 0 Å². The highest BCUT2D eigenvalue weighted by molar-refractivity contribution is 6.03. The van der Waals surface area contributed by atoms with Crippen molar-refractivity contribution in [2.24, 2.45) is 16.8 Å². The van der Waals surface area contributed by atoms with Crippen molar-refractivity contribution in [3.63, 3.8) is 0 Å². The summed E-state index contributed by atoms with van der Waals surface area (Å²) in [6.45, 7) is 9.00. The molecule has 0 aromatic heterocycles. The number of hydrogen-bond acceptors (Lipinski definition) is 1. The molecule has 0 spiro atoms. The Kier molecular flexibility index (Phi) is 2.83. The van der Waals surface area contributed by atoms with Crippen LogP contribution in [-0.4, -0.2) is 29.7 Å². The van der Waals surface area contributed by atoms with Gasteiger partial charge in [-0.3, -0.25) is 0 Å². The van der Waals surface area contributed by atoms with Crippen LogP contribution in [0.1, 0.15) is 27.7 Å². The Bertz CT molecular complexity index is 420. The van der Waals surface area contributed by atoms with Gasteiger partial charge < -0.3 is 0 Å². The highest BCUT2D eigenvalue weighted by atomic mass is 15.1. The van der Waals surface area contributed by atoms with Crippen molar-refractivity contribution >= 4 is 12.1 Å². The van der Waals surface area contributed by atoms with Crippen LogP contribution in [0, 0.1) is 11.8 Å². The predicted molar refractivity (Wildman–Crippen MR) is 69.3 cm³/mol. The van der Waals surface area contributed by atoms with Gasteiger partial charge in [-0.25, -0.2) is 4.58 Å². The summed E-state index contributed by atoms with van der Waals surface area (Å²) < 4.78 is 2.14. The number of fused-ring (bicyclic) bond motifs is 1. The molecule has 0 amide bonds. The van der Waals surface area contributed by atoms with Crippen LogP contribution in [0.25, 0.3) is 0 Å². The molecular weight excluding hydrogens is 196 g/mol. The fourth-order valence-electron chi connectivity index (χ4n) is 2.24. The van der Waals surface area contributed by atoms with Gasteiger partial charge in [0.1, 0.15) is 0 Å². The fourth-order valence-corrected chi connectivity index (χ4v) is 2.24. The lowest BCUT2D eigenvalue weighted by atomic mass is 9.83. The lowest BCUT2D eigenvalue weighted by Crippen LogP contribution is -2.27. The highest BCUT2D eigenvalue weighted by Crippen LogP contribution is 2.29. The van der Waals surface area contributed by atoms with E-state index in [9.17, 15) is 0 Å². The van der Waals surface area contributed by atoms with E-state index in [1.165, 1.54) is 16.9 Å². The molecule has 86 valence electrons. The first-order valence-corrected chi connectivity index (χ1v) is 6.06. The van der Waals surface area contributed by atoms with E-state index in [4.69, 9.17) is 0 Å². The molecule has 1 aliphatic heterocycles. The molecule has 0 saturated heterocycles. The van der Waals surface area contributed by atoms with Crippen molar-refractivity contribution in [2.75, 3.05) is 7.05 Å². The van der Waals surface area contributed by atoms with Gasteiger partial charge in [0.05, 0.1) is 7.05 Å². The molecule has 2 heteroatoms. The Hall–Kier alpha value is -1.18. The van der Waals surface area contributed by atoms with Crippen molar-refractivity contribution in [1.82, 2.24) is 0 Å². The average Bonchev–Trinajstić information content (AvgIpc) is 2.59. The molecule has 0 aromatic rings. The molecule has 1 aliphatic carbocycles. The first kappa shape index (κ1) is 11.3. The molecule has 2 aliphatic rings. The Morgan fingerprint density at radius 1 is 1.12 bits per heavy atom. The van der Waals surface area contributed by atoms with Gasteiger partial charge in [0.2, 0.25) is 6.04 Å². The molecular formula is C14H21N2+. The Labute approximate surface area is 98.1 Å². The number of allylic oxidation sites excluding steroid dienone is 2. The third-order valence-electron chi connectivity index (χ3n) is 3.37. The second kappa shape index (κ2) is 4.00. The molecule has 1 atom stereocenters. The van der Waals surface area contributed by atoms with Crippen molar-refractivity contribution in [3.05, 3.63) is 23.3 Å². The monoisotopic (exact) mass is 217 g/mol. The molecule has 2 rings (SSSR count). The summed E-state index contributed by atoms with van der Waals surface area (Å²) in [7, 11) is 2.08. The largest absolute Gasteiger partial charge is 0.281 e. The maximum atomic E-state index is 4.59. The summed E-state index contributed by atoms with van der Waals surface area (Å²) in [5, 5.41) is 0. The van der Waals surface area contributed by atoms with Gasteiger partial charge in [-0.05, 0) is 29.1 Å². The zero-order chi connectivity index (χ0) is 11.9. The second-order valence-electron chi connectivity index (χ2n) is 5.30. The van der Waals surface area contributed by atoms with Crippen LogP contribution in [0.15, 0.2) is 28.3 Å². The first-order chi connectivity index (χ1) is 7.50. The normalized spacial score (nSPS) is 24.1. The number of aliphatic imine (C=N–C) groups is 1. The van der Waals surface area contributed by atoms with Gasteiger partial charge >= 0.3 is 0 Å². The van der Waals surface area contributed by atoms with E-state index in [0.29, 0.717) is 11.8 Å². The molecule has 2 nitrogen and oxygen atoms in total. The topological polar surface area (TPSA) is 15.4 Å². The SMILES string of the molecule is CC(C)C1=CC2=[N+](C)C=NC2C(C(C)C)=C1. The third kappa shape index (κ3) is 1.77. The minimum absolute atomic E-state index is 0.271. The molecule has 1 unspecified atom stereocenters. The van der Waals surface area contributed by atoms with Crippen molar-refractivity contribution in [2.45, 2.75) is 33.7 Å². The third-order valence-corrected chi connectivity index (χ3v) is 3.37. The molecule has 0 aromatic carbocycles. The lowest BCUT2D eigenvalue weighted by Gasteiger charge is -2.20. The lowest BCUT2D eigenvalue weighted by molar-refractivity contribution is -0.356. The maximum Gasteiger partial charge on any atom is 0.281 e. The smallest absolute Gasteiger partial charge is 0.233 e. The quantitative estimate of drug-likeness (QED) is 0.632. The first-order valence-electron chi connectivity index (χ1n) is 6.06. The van der Waals surface area contributed by atoms with Crippen molar-refractivity contribution < 1.29 is 4.58 Å². The van der Waals surface area contributed by atoms with Gasteiger partial charge in [0.25, 0.3) is 6.34 Å². The van der Waals surface area contributed by atoms with Crippen molar-refractivity contribution in [3.8, 4) is 0 Å². The molecule has 0 bridgehead atoms. The van der Waals surface area contributed by atoms with Gasteiger partial charge in [0.15, 0.2) is 5.71 Å². The van der Waals surface area contributed by atoms with E-state index in [0.717, 1.165) is 0 Å². The van der Waals surface area contributed by atoms with Gasteiger partial charge in [-0.15, -0.1) is 0 Å². The highest BCUT2D eigenvalue weighted by Gasteiger charge is 2.35. The van der Waals surface area contributed by atoms with Crippen LogP contribution in [0.3, 0.4) is 0 Å². The Morgan fingerprint density at radius 2 is 1.81 bits per heavy atom. The molecule has 0 radical (unpaired) electrons. The molecule has 16 heavy (non-hydrogen) atoms. The summed E-state index contributed by atoms with van der Waals surface area (Å²) >= 11 is 0. The van der Waals surface area contributed by atoms with Crippen LogP contribution < -0.4 is 0 Å². The average molecular weight is 217 g/mol. The Morgan fingerprint density at radius 3 is 2.38 bits per heavy atom. The van der Waals surface area contributed by atoms with E-state index in [-0.39, 0.29) is 6.04 Å². The molecule has 1 heterocycles. The number of rotatable bonds is 2. The van der Waals surface area contributed by atoms with Crippen molar-refractivity contribution in [1.29, 1.82) is 0 Å². The van der Waals surface area contributed by atoms with Crippen LogP contribution in [0.4, 0.5) is 0 Å². The number of nitrogens with zero attached hydrogens (tertiary/aromatic N) is 2. The van der Waals surface area contributed by atoms with E-state index >= 15 is 0 Å². The summed E-state index contributed by atoms with van der Waals surface area (Å²) in [6, 6.07) is 0.271. The van der Waals surface area contributed by atoms with Gasteiger partial charge in [0, 0.05) is 0 Å². The zero-order valence-electron chi connectivity index (χ0n) is 10.9. The fraction of sp³-hybridized carbons (Fsp3) is 0.571. The molecule has 0 fully saturated rings. The molecule has 0 saturated carbocycles. The van der Waals surface area contributed by atoms with E-state index in [1.807, 2.05) is 6.34 Å². The Balaban J connectivity index is 2.47. The van der Waals surface area contributed by atoms with E-state index < -0.39 is 0 Å². The van der Waals surface area contributed by atoms with Gasteiger partial charge in [-0.2, -0.15) is 0 Å². The summed E-state index contributed by atoms with van der Waals surface area (Å²) in [6.07, 6.45) is 6.59. The minimum Gasteiger partial charge on any atom is -0.233 e. The maximum absolute atomic E-state index is 4.59. The van der Waals surface area contributed by atoms with Crippen LogP contribution >= 0.6 is 0 Å². The van der Waals surface area contributed by atoms with E-state index in [2.05, 4.69) is 56.5 Å². The van der Waals surface area contributed by atoms with Gasteiger partial charge in [-0.1, -0.05) is 38.8 Å².